The molecule has 0 unspecified atom stereocenters. The molecule has 1 aliphatic heterocycles. The van der Waals surface area contributed by atoms with Gasteiger partial charge in [0, 0.05) is 22.7 Å². The summed E-state index contributed by atoms with van der Waals surface area (Å²) in [5.41, 5.74) is -4.06. The van der Waals surface area contributed by atoms with Crippen LogP contribution in [0.3, 0.4) is 0 Å². The third-order valence-corrected chi connectivity index (χ3v) is 3.33. The number of hydrogen-bond acceptors (Lipinski definition) is 4. The van der Waals surface area contributed by atoms with Crippen LogP contribution in [0, 0.1) is 0 Å². The van der Waals surface area contributed by atoms with Crippen LogP contribution in [0.25, 0.3) is 0 Å². The Labute approximate surface area is 137 Å². The number of rotatable bonds is 3. The van der Waals surface area contributed by atoms with Crippen molar-refractivity contribution in [2.45, 2.75) is 31.5 Å². The van der Waals surface area contributed by atoms with E-state index < -0.39 is 30.5 Å². The Morgan fingerprint density at radius 2 is 2.00 bits per heavy atom. The smallest absolute Gasteiger partial charge is 0.362 e. The average molecular weight is 373 g/mol. The summed E-state index contributed by atoms with van der Waals surface area (Å²) in [6.07, 6.45) is -11.9. The predicted octanol–water partition coefficient (Wildman–Crippen LogP) is 3.38. The maximum Gasteiger partial charge on any atom is 0.527 e. The zero-order valence-corrected chi connectivity index (χ0v) is 12.7. The quantitative estimate of drug-likeness (QED) is 0.827. The Bertz CT molecular complexity index is 694. The molecule has 0 aliphatic carbocycles. The Morgan fingerprint density at radius 3 is 2.54 bits per heavy atom. The molecule has 0 bridgehead atoms. The fourth-order valence-electron chi connectivity index (χ4n) is 2.13. The highest BCUT2D eigenvalue weighted by molar-refractivity contribution is 6.31. The van der Waals surface area contributed by atoms with Crippen molar-refractivity contribution in [3.63, 3.8) is 0 Å². The van der Waals surface area contributed by atoms with E-state index in [1.807, 2.05) is 0 Å². The van der Waals surface area contributed by atoms with Gasteiger partial charge in [-0.3, -0.25) is 4.79 Å². The number of aliphatic hydroxyl groups is 1. The van der Waals surface area contributed by atoms with E-state index in [2.05, 4.69) is 9.84 Å². The maximum absolute atomic E-state index is 13.9. The summed E-state index contributed by atoms with van der Waals surface area (Å²) in [6.45, 7) is 1.17. The number of hydrazone groups is 1. The molecule has 1 amide bonds. The third kappa shape index (κ3) is 3.50. The van der Waals surface area contributed by atoms with E-state index in [4.69, 9.17) is 11.6 Å². The van der Waals surface area contributed by atoms with Gasteiger partial charge in [0.25, 0.3) is 11.6 Å². The second kappa shape index (κ2) is 5.94. The summed E-state index contributed by atoms with van der Waals surface area (Å²) in [5.74, 6) is -1.26. The lowest BCUT2D eigenvalue weighted by Crippen LogP contribution is -2.61. The van der Waals surface area contributed by atoms with Crippen molar-refractivity contribution in [2.24, 2.45) is 5.10 Å². The van der Waals surface area contributed by atoms with Crippen LogP contribution in [0.1, 0.15) is 23.7 Å². The number of ether oxygens (including phenoxy) is 1. The molecule has 0 radical (unpaired) electrons. The van der Waals surface area contributed by atoms with Crippen LogP contribution in [-0.2, 0) is 4.74 Å². The summed E-state index contributed by atoms with van der Waals surface area (Å²) in [5, 5.41) is 13.5. The first-order valence-electron chi connectivity index (χ1n) is 6.37. The molecule has 11 heteroatoms. The van der Waals surface area contributed by atoms with Crippen LogP contribution in [0.5, 0.6) is 0 Å². The first-order valence-corrected chi connectivity index (χ1v) is 6.75. The summed E-state index contributed by atoms with van der Waals surface area (Å²) in [6, 6.07) is 4.99. The zero-order valence-electron chi connectivity index (χ0n) is 11.9. The number of hydrogen-bond donors (Lipinski definition) is 1. The van der Waals surface area contributed by atoms with Gasteiger partial charge in [-0.1, -0.05) is 17.7 Å². The molecule has 1 aromatic carbocycles. The minimum absolute atomic E-state index is 0.0857. The second-order valence-electron chi connectivity index (χ2n) is 5.02. The molecular formula is C13H10ClF5N2O3. The molecule has 1 aromatic rings. The summed E-state index contributed by atoms with van der Waals surface area (Å²) in [4.78, 5) is 12.3. The van der Waals surface area contributed by atoms with Crippen LogP contribution >= 0.6 is 11.6 Å². The Morgan fingerprint density at radius 1 is 1.38 bits per heavy atom. The molecule has 1 N–H and O–H groups in total. The van der Waals surface area contributed by atoms with Gasteiger partial charge >= 0.3 is 12.5 Å². The van der Waals surface area contributed by atoms with Crippen molar-refractivity contribution in [1.82, 2.24) is 5.01 Å². The minimum Gasteiger partial charge on any atom is -0.362 e. The van der Waals surface area contributed by atoms with Crippen molar-refractivity contribution in [2.75, 3.05) is 0 Å². The van der Waals surface area contributed by atoms with Gasteiger partial charge in [-0.15, -0.1) is 13.2 Å². The molecule has 0 aromatic heterocycles. The Kier molecular flexibility index (Phi) is 4.59. The molecular weight excluding hydrogens is 363 g/mol. The maximum atomic E-state index is 13.9. The lowest BCUT2D eigenvalue weighted by atomic mass is 10.1. The van der Waals surface area contributed by atoms with Gasteiger partial charge in [0.2, 0.25) is 0 Å². The number of amides is 1. The van der Waals surface area contributed by atoms with E-state index >= 15 is 0 Å². The molecule has 1 heterocycles. The van der Waals surface area contributed by atoms with Crippen molar-refractivity contribution in [3.05, 3.63) is 34.9 Å². The molecule has 0 fully saturated rings. The van der Waals surface area contributed by atoms with Gasteiger partial charge in [0.15, 0.2) is 0 Å². The second-order valence-corrected chi connectivity index (χ2v) is 5.46. The standard InChI is InChI=1S/C13H10ClF5N2O3/c1-7-6-11(23,12(15,16)24-13(17,18)19)21(20-7)10(22)8-3-2-4-9(14)5-8/h2-5,23H,6H2,1H3/t11-/m0/s1. The number of carbonyl (C=O) groups excluding carboxylic acids is 1. The molecule has 2 rings (SSSR count). The number of nitrogens with zero attached hydrogens (tertiary/aromatic N) is 2. The molecule has 1 aliphatic rings. The van der Waals surface area contributed by atoms with Gasteiger partial charge in [-0.2, -0.15) is 18.9 Å². The first-order chi connectivity index (χ1) is 10.9. The number of benzene rings is 1. The minimum atomic E-state index is -5.74. The summed E-state index contributed by atoms with van der Waals surface area (Å²) >= 11 is 5.68. The SMILES string of the molecule is CC1=NN(C(=O)c2cccc(Cl)c2)[C@@](O)(C(F)(F)OC(F)(F)F)C1. The summed E-state index contributed by atoms with van der Waals surface area (Å²) in [7, 11) is 0. The number of alkyl halides is 5. The van der Waals surface area contributed by atoms with Crippen molar-refractivity contribution >= 4 is 23.2 Å². The van der Waals surface area contributed by atoms with Gasteiger partial charge in [0.1, 0.15) is 0 Å². The van der Waals surface area contributed by atoms with Gasteiger partial charge < -0.3 is 5.11 Å². The molecule has 0 spiro atoms. The molecule has 1 atom stereocenters. The van der Waals surface area contributed by atoms with E-state index in [0.717, 1.165) is 6.07 Å². The van der Waals surface area contributed by atoms with E-state index in [9.17, 15) is 31.9 Å². The highest BCUT2D eigenvalue weighted by Gasteiger charge is 2.66. The van der Waals surface area contributed by atoms with Gasteiger partial charge in [-0.25, -0.2) is 4.74 Å². The Balaban J connectivity index is 2.41. The topological polar surface area (TPSA) is 62.1 Å². The Hall–Kier alpha value is -1.78. The molecule has 132 valence electrons. The van der Waals surface area contributed by atoms with Crippen LogP contribution in [0.15, 0.2) is 29.4 Å². The molecule has 0 saturated carbocycles. The van der Waals surface area contributed by atoms with Crippen LogP contribution in [-0.4, -0.2) is 39.9 Å². The number of halogens is 6. The van der Waals surface area contributed by atoms with Gasteiger partial charge in [-0.05, 0) is 25.1 Å². The van der Waals surface area contributed by atoms with Crippen LogP contribution in [0.4, 0.5) is 22.0 Å². The van der Waals surface area contributed by atoms with Crippen molar-refractivity contribution in [1.29, 1.82) is 0 Å². The van der Waals surface area contributed by atoms with Gasteiger partial charge in [0.05, 0.1) is 0 Å². The van der Waals surface area contributed by atoms with E-state index in [1.54, 1.807) is 0 Å². The summed E-state index contributed by atoms with van der Waals surface area (Å²) < 4.78 is 67.1. The fraction of sp³-hybridized carbons (Fsp3) is 0.385. The van der Waals surface area contributed by atoms with Crippen molar-refractivity contribution < 1.29 is 36.6 Å². The number of carbonyl (C=O) groups is 1. The first kappa shape index (κ1) is 18.6. The normalized spacial score (nSPS) is 21.8. The highest BCUT2D eigenvalue weighted by Crippen LogP contribution is 2.43. The van der Waals surface area contributed by atoms with E-state index in [1.165, 1.54) is 25.1 Å². The fourth-order valence-corrected chi connectivity index (χ4v) is 2.32. The predicted molar refractivity (Wildman–Crippen MR) is 72.4 cm³/mol. The molecule has 0 saturated heterocycles. The van der Waals surface area contributed by atoms with Crippen LogP contribution in [0.2, 0.25) is 5.02 Å². The van der Waals surface area contributed by atoms with Crippen molar-refractivity contribution in [3.8, 4) is 0 Å². The third-order valence-electron chi connectivity index (χ3n) is 3.10. The van der Waals surface area contributed by atoms with E-state index in [-0.39, 0.29) is 21.3 Å². The van der Waals surface area contributed by atoms with E-state index in [0.29, 0.717) is 0 Å². The molecule has 5 nitrogen and oxygen atoms in total. The lowest BCUT2D eigenvalue weighted by Gasteiger charge is -2.36. The highest BCUT2D eigenvalue weighted by atomic mass is 35.5. The monoisotopic (exact) mass is 372 g/mol. The lowest BCUT2D eigenvalue weighted by molar-refractivity contribution is -0.468. The largest absolute Gasteiger partial charge is 0.527 e. The average Bonchev–Trinajstić information content (AvgIpc) is 2.72. The molecule has 24 heavy (non-hydrogen) atoms. The van der Waals surface area contributed by atoms with Crippen LogP contribution < -0.4 is 0 Å². The zero-order chi connectivity index (χ0) is 18.3.